The molecule has 0 aromatic heterocycles. The SMILES string of the molecule is CC1(NC(=O)N[C@@H](CC(=O)O)C(=O)O)CC1. The van der Waals surface area contributed by atoms with E-state index < -0.39 is 30.4 Å². The number of hydrogen-bond donors (Lipinski definition) is 4. The van der Waals surface area contributed by atoms with Crippen LogP contribution in [-0.2, 0) is 9.59 Å². The summed E-state index contributed by atoms with van der Waals surface area (Å²) in [6.07, 6.45) is 1.05. The van der Waals surface area contributed by atoms with Crippen LogP contribution in [0.15, 0.2) is 0 Å². The van der Waals surface area contributed by atoms with Gasteiger partial charge in [0.1, 0.15) is 6.04 Å². The van der Waals surface area contributed by atoms with Gasteiger partial charge in [0.2, 0.25) is 0 Å². The van der Waals surface area contributed by atoms with Crippen LogP contribution in [0.2, 0.25) is 0 Å². The molecule has 1 aliphatic carbocycles. The van der Waals surface area contributed by atoms with Crippen LogP contribution in [0.1, 0.15) is 26.2 Å². The molecule has 7 nitrogen and oxygen atoms in total. The lowest BCUT2D eigenvalue weighted by Crippen LogP contribution is -2.49. The van der Waals surface area contributed by atoms with E-state index >= 15 is 0 Å². The number of carboxylic acids is 2. The number of aliphatic carboxylic acids is 2. The van der Waals surface area contributed by atoms with E-state index in [1.807, 2.05) is 6.92 Å². The van der Waals surface area contributed by atoms with Crippen LogP contribution in [0.25, 0.3) is 0 Å². The molecule has 7 heteroatoms. The van der Waals surface area contributed by atoms with Gasteiger partial charge in [0.15, 0.2) is 0 Å². The van der Waals surface area contributed by atoms with E-state index in [-0.39, 0.29) is 5.54 Å². The molecule has 0 bridgehead atoms. The largest absolute Gasteiger partial charge is 0.481 e. The Bertz CT molecular complexity index is 324. The highest BCUT2D eigenvalue weighted by Crippen LogP contribution is 2.33. The molecule has 2 amide bonds. The molecule has 0 saturated heterocycles. The Morgan fingerprint density at radius 2 is 1.88 bits per heavy atom. The number of hydrogen-bond acceptors (Lipinski definition) is 3. The number of carboxylic acid groups (broad SMARTS) is 2. The van der Waals surface area contributed by atoms with Crippen molar-refractivity contribution in [3.8, 4) is 0 Å². The van der Waals surface area contributed by atoms with Gasteiger partial charge in [0.25, 0.3) is 0 Å². The van der Waals surface area contributed by atoms with Gasteiger partial charge in [-0.05, 0) is 19.8 Å². The summed E-state index contributed by atoms with van der Waals surface area (Å²) in [6.45, 7) is 1.83. The van der Waals surface area contributed by atoms with Crippen molar-refractivity contribution in [3.05, 3.63) is 0 Å². The van der Waals surface area contributed by atoms with Gasteiger partial charge >= 0.3 is 18.0 Å². The van der Waals surface area contributed by atoms with Gasteiger partial charge in [-0.2, -0.15) is 0 Å². The molecule has 0 aromatic rings. The lowest BCUT2D eigenvalue weighted by Gasteiger charge is -2.16. The Balaban J connectivity index is 2.44. The lowest BCUT2D eigenvalue weighted by molar-refractivity contribution is -0.145. The molecular formula is C9H14N2O5. The fourth-order valence-electron chi connectivity index (χ4n) is 1.16. The summed E-state index contributed by atoms with van der Waals surface area (Å²) < 4.78 is 0. The van der Waals surface area contributed by atoms with Crippen molar-refractivity contribution in [2.75, 3.05) is 0 Å². The van der Waals surface area contributed by atoms with Crippen LogP contribution in [-0.4, -0.2) is 39.8 Å². The van der Waals surface area contributed by atoms with Crippen molar-refractivity contribution in [1.82, 2.24) is 10.6 Å². The molecular weight excluding hydrogens is 216 g/mol. The standard InChI is InChI=1S/C9H14N2O5/c1-9(2-3-9)11-8(16)10-5(7(14)15)4-6(12)13/h5H,2-4H2,1H3,(H,12,13)(H,14,15)(H2,10,11,16)/t5-/m0/s1. The molecule has 16 heavy (non-hydrogen) atoms. The molecule has 0 aromatic carbocycles. The van der Waals surface area contributed by atoms with Gasteiger partial charge < -0.3 is 20.8 Å². The van der Waals surface area contributed by atoms with Crippen LogP contribution in [0, 0.1) is 0 Å². The molecule has 4 N–H and O–H groups in total. The van der Waals surface area contributed by atoms with Crippen LogP contribution in [0.5, 0.6) is 0 Å². The molecule has 0 unspecified atom stereocenters. The Morgan fingerprint density at radius 1 is 1.31 bits per heavy atom. The van der Waals surface area contributed by atoms with Gasteiger partial charge in [-0.15, -0.1) is 0 Å². The van der Waals surface area contributed by atoms with E-state index in [9.17, 15) is 14.4 Å². The quantitative estimate of drug-likeness (QED) is 0.520. The zero-order valence-corrected chi connectivity index (χ0v) is 8.82. The van der Waals surface area contributed by atoms with Crippen molar-refractivity contribution in [1.29, 1.82) is 0 Å². The molecule has 1 rings (SSSR count). The van der Waals surface area contributed by atoms with E-state index in [1.165, 1.54) is 0 Å². The van der Waals surface area contributed by atoms with E-state index in [2.05, 4.69) is 10.6 Å². The maximum absolute atomic E-state index is 11.3. The number of rotatable bonds is 5. The van der Waals surface area contributed by atoms with E-state index in [0.29, 0.717) is 0 Å². The van der Waals surface area contributed by atoms with Gasteiger partial charge in [-0.25, -0.2) is 9.59 Å². The molecule has 1 aliphatic rings. The summed E-state index contributed by atoms with van der Waals surface area (Å²) in [5.41, 5.74) is -0.267. The van der Waals surface area contributed by atoms with E-state index in [1.54, 1.807) is 0 Å². The Labute approximate surface area is 91.8 Å². The summed E-state index contributed by atoms with van der Waals surface area (Å²) in [4.78, 5) is 32.3. The van der Waals surface area contributed by atoms with Crippen molar-refractivity contribution in [2.24, 2.45) is 0 Å². The molecule has 0 radical (unpaired) electrons. The molecule has 1 fully saturated rings. The lowest BCUT2D eigenvalue weighted by atomic mass is 10.2. The fraction of sp³-hybridized carbons (Fsp3) is 0.667. The van der Waals surface area contributed by atoms with Gasteiger partial charge in [0.05, 0.1) is 6.42 Å². The number of carbonyl (C=O) groups excluding carboxylic acids is 1. The predicted octanol–water partition coefficient (Wildman–Crippen LogP) is -0.234. The highest BCUT2D eigenvalue weighted by Gasteiger charge is 2.39. The van der Waals surface area contributed by atoms with Crippen LogP contribution < -0.4 is 10.6 Å². The minimum absolute atomic E-state index is 0.267. The number of amides is 2. The topological polar surface area (TPSA) is 116 Å². The Morgan fingerprint density at radius 3 is 2.25 bits per heavy atom. The highest BCUT2D eigenvalue weighted by atomic mass is 16.4. The van der Waals surface area contributed by atoms with Gasteiger partial charge in [-0.1, -0.05) is 0 Å². The minimum Gasteiger partial charge on any atom is -0.481 e. The maximum Gasteiger partial charge on any atom is 0.326 e. The first-order valence-corrected chi connectivity index (χ1v) is 4.86. The second kappa shape index (κ2) is 4.38. The third-order valence-electron chi connectivity index (χ3n) is 2.40. The molecule has 1 saturated carbocycles. The number of nitrogens with one attached hydrogen (secondary N) is 2. The molecule has 0 spiro atoms. The zero-order valence-electron chi connectivity index (χ0n) is 8.82. The summed E-state index contributed by atoms with van der Waals surface area (Å²) in [5, 5.41) is 21.8. The highest BCUT2D eigenvalue weighted by molar-refractivity contribution is 5.86. The maximum atomic E-state index is 11.3. The van der Waals surface area contributed by atoms with E-state index in [4.69, 9.17) is 10.2 Å². The second-order valence-corrected chi connectivity index (χ2v) is 4.15. The Kier molecular flexibility index (Phi) is 3.36. The Hall–Kier alpha value is -1.79. The molecule has 1 atom stereocenters. The van der Waals surface area contributed by atoms with Crippen molar-refractivity contribution < 1.29 is 24.6 Å². The zero-order chi connectivity index (χ0) is 12.3. The first-order chi connectivity index (χ1) is 7.32. The van der Waals surface area contributed by atoms with Crippen molar-refractivity contribution in [2.45, 2.75) is 37.8 Å². The first-order valence-electron chi connectivity index (χ1n) is 4.86. The summed E-state index contributed by atoms with van der Waals surface area (Å²) >= 11 is 0. The second-order valence-electron chi connectivity index (χ2n) is 4.15. The van der Waals surface area contributed by atoms with Crippen molar-refractivity contribution in [3.63, 3.8) is 0 Å². The number of carbonyl (C=O) groups is 3. The third kappa shape index (κ3) is 3.76. The van der Waals surface area contributed by atoms with Crippen molar-refractivity contribution >= 4 is 18.0 Å². The fourth-order valence-corrected chi connectivity index (χ4v) is 1.16. The normalized spacial score (nSPS) is 18.3. The summed E-state index contributed by atoms with van der Waals surface area (Å²) in [5.74, 6) is -2.64. The van der Waals surface area contributed by atoms with Gasteiger partial charge in [-0.3, -0.25) is 4.79 Å². The summed E-state index contributed by atoms with van der Waals surface area (Å²) in [6, 6.07) is -2.05. The smallest absolute Gasteiger partial charge is 0.326 e. The minimum atomic E-state index is -1.40. The molecule has 0 heterocycles. The van der Waals surface area contributed by atoms with Crippen LogP contribution in [0.3, 0.4) is 0 Å². The van der Waals surface area contributed by atoms with Crippen LogP contribution in [0.4, 0.5) is 4.79 Å². The average Bonchev–Trinajstić information content (AvgIpc) is 2.80. The average molecular weight is 230 g/mol. The molecule has 0 aliphatic heterocycles. The number of urea groups is 1. The first kappa shape index (κ1) is 12.3. The van der Waals surface area contributed by atoms with Gasteiger partial charge in [0, 0.05) is 5.54 Å². The summed E-state index contributed by atoms with van der Waals surface area (Å²) in [7, 11) is 0. The van der Waals surface area contributed by atoms with E-state index in [0.717, 1.165) is 12.8 Å². The van der Waals surface area contributed by atoms with Crippen LogP contribution >= 0.6 is 0 Å². The molecule has 90 valence electrons. The predicted molar refractivity (Wildman–Crippen MR) is 53.0 cm³/mol. The monoisotopic (exact) mass is 230 g/mol. The third-order valence-corrected chi connectivity index (χ3v) is 2.40.